The van der Waals surface area contributed by atoms with Crippen molar-refractivity contribution >= 4 is 17.9 Å². The van der Waals surface area contributed by atoms with Crippen molar-refractivity contribution in [3.8, 4) is 0 Å². The van der Waals surface area contributed by atoms with Gasteiger partial charge in [-0.05, 0) is 122 Å². The summed E-state index contributed by atoms with van der Waals surface area (Å²) in [6.45, 7) is 4.49. The number of unbranched alkanes of at least 4 members (excludes halogenated alkanes) is 4. The van der Waals surface area contributed by atoms with Gasteiger partial charge in [-0.1, -0.05) is 190 Å². The van der Waals surface area contributed by atoms with Gasteiger partial charge in [0.1, 0.15) is 13.2 Å². The smallest absolute Gasteiger partial charge is 0.361 e. The van der Waals surface area contributed by atoms with Gasteiger partial charge in [0, 0.05) is 12.8 Å². The van der Waals surface area contributed by atoms with E-state index in [0.717, 1.165) is 109 Å². The number of quaternary nitrogens is 1. The quantitative estimate of drug-likeness (QED) is 0.0211. The molecule has 73 heavy (non-hydrogen) atoms. The molecular weight excluding hydrogens is 911 g/mol. The van der Waals surface area contributed by atoms with E-state index < -0.39 is 30.3 Å². The summed E-state index contributed by atoms with van der Waals surface area (Å²) in [5.74, 6) is -2.16. The van der Waals surface area contributed by atoms with Crippen LogP contribution in [0.4, 0.5) is 0 Å². The van der Waals surface area contributed by atoms with Crippen LogP contribution in [0, 0.1) is 0 Å². The first-order valence-corrected chi connectivity index (χ1v) is 27.3. The molecule has 0 aliphatic rings. The van der Waals surface area contributed by atoms with Crippen LogP contribution in [0.5, 0.6) is 0 Å². The second-order valence-corrected chi connectivity index (χ2v) is 18.4. The highest BCUT2D eigenvalue weighted by Gasteiger charge is 2.25. The molecule has 9 nitrogen and oxygen atoms in total. The summed E-state index contributed by atoms with van der Waals surface area (Å²) in [7, 11) is 5.91. The van der Waals surface area contributed by atoms with E-state index in [1.54, 1.807) is 0 Å². The molecule has 0 aromatic carbocycles. The van der Waals surface area contributed by atoms with Gasteiger partial charge in [-0.2, -0.15) is 0 Å². The molecule has 1 N–H and O–H groups in total. The third-order valence-electron chi connectivity index (χ3n) is 10.5. The number of allylic oxidation sites excluding steroid dienone is 28. The van der Waals surface area contributed by atoms with Gasteiger partial charge in [-0.15, -0.1) is 0 Å². The molecule has 0 saturated heterocycles. The fourth-order valence-electron chi connectivity index (χ4n) is 6.33. The van der Waals surface area contributed by atoms with E-state index in [0.29, 0.717) is 30.3 Å². The topological polar surface area (TPSA) is 108 Å². The minimum Gasteiger partial charge on any atom is -0.477 e. The molecule has 406 valence electrons. The number of rotatable bonds is 47. The lowest BCUT2D eigenvalue weighted by atomic mass is 10.1. The van der Waals surface area contributed by atoms with Crippen LogP contribution in [0.3, 0.4) is 0 Å². The van der Waals surface area contributed by atoms with Crippen molar-refractivity contribution in [3.63, 3.8) is 0 Å². The number of carboxylic acids is 1. The van der Waals surface area contributed by atoms with Crippen LogP contribution in [0.2, 0.25) is 0 Å². The van der Waals surface area contributed by atoms with Crippen LogP contribution in [-0.4, -0.2) is 87.4 Å². The second-order valence-electron chi connectivity index (χ2n) is 18.4. The van der Waals surface area contributed by atoms with E-state index in [1.165, 1.54) is 0 Å². The number of hydrogen-bond donors (Lipinski definition) is 1. The van der Waals surface area contributed by atoms with E-state index in [4.69, 9.17) is 18.9 Å². The molecule has 0 spiro atoms. The zero-order chi connectivity index (χ0) is 53.4. The second kappa shape index (κ2) is 53.0. The molecule has 0 amide bonds. The first-order valence-electron chi connectivity index (χ1n) is 27.3. The molecule has 2 atom stereocenters. The molecule has 0 rings (SSSR count). The van der Waals surface area contributed by atoms with Crippen LogP contribution < -0.4 is 0 Å². The number of likely N-dealkylation sites (N-methyl/N-ethyl adjacent to an activating group) is 1. The molecule has 0 bridgehead atoms. The summed E-state index contributed by atoms with van der Waals surface area (Å²) in [6.07, 6.45) is 77.2. The van der Waals surface area contributed by atoms with E-state index in [-0.39, 0.29) is 32.7 Å². The van der Waals surface area contributed by atoms with Gasteiger partial charge in [0.15, 0.2) is 6.10 Å². The number of carbonyl (C=O) groups excluding carboxylic acids is 2. The van der Waals surface area contributed by atoms with Crippen molar-refractivity contribution in [2.45, 2.75) is 167 Å². The maximum Gasteiger partial charge on any atom is 0.361 e. The Bertz CT molecular complexity index is 1790. The average Bonchev–Trinajstić information content (AvgIpc) is 3.36. The predicted octanol–water partition coefficient (Wildman–Crippen LogP) is 16.0. The fraction of sp³-hybridized carbons (Fsp3) is 0.516. The number of aliphatic carboxylic acids is 1. The first kappa shape index (κ1) is 67.6. The van der Waals surface area contributed by atoms with Gasteiger partial charge >= 0.3 is 17.9 Å². The van der Waals surface area contributed by atoms with Crippen molar-refractivity contribution in [2.75, 3.05) is 47.5 Å². The highest BCUT2D eigenvalue weighted by atomic mass is 16.7. The molecule has 0 saturated carbocycles. The van der Waals surface area contributed by atoms with Gasteiger partial charge in [0.05, 0.1) is 34.4 Å². The molecule has 0 heterocycles. The predicted molar refractivity (Wildman–Crippen MR) is 308 cm³/mol. The summed E-state index contributed by atoms with van der Waals surface area (Å²) < 4.78 is 22.7. The monoisotopic (exact) mass is 1010 g/mol. The lowest BCUT2D eigenvalue weighted by Crippen LogP contribution is -2.40. The maximum atomic E-state index is 12.8. The van der Waals surface area contributed by atoms with E-state index in [2.05, 4.69) is 178 Å². The van der Waals surface area contributed by atoms with E-state index in [1.807, 2.05) is 27.2 Å². The Morgan fingerprint density at radius 3 is 1.11 bits per heavy atom. The summed E-state index contributed by atoms with van der Waals surface area (Å²) in [5.41, 5.74) is 0. The normalized spacial score (nSPS) is 14.2. The van der Waals surface area contributed by atoms with Gasteiger partial charge < -0.3 is 28.5 Å². The fourth-order valence-corrected chi connectivity index (χ4v) is 6.33. The van der Waals surface area contributed by atoms with Crippen LogP contribution in [-0.2, 0) is 33.3 Å². The number of carboxylic acid groups (broad SMARTS) is 1. The highest BCUT2D eigenvalue weighted by molar-refractivity contribution is 5.71. The Morgan fingerprint density at radius 1 is 0.411 bits per heavy atom. The summed E-state index contributed by atoms with van der Waals surface area (Å²) in [5, 5.41) is 9.68. The lowest BCUT2D eigenvalue weighted by molar-refractivity contribution is -0.870. The molecule has 9 heteroatoms. The van der Waals surface area contributed by atoms with Gasteiger partial charge in [0.25, 0.3) is 6.29 Å². The molecule has 0 aliphatic carbocycles. The third kappa shape index (κ3) is 54.3. The number of hydrogen-bond acceptors (Lipinski definition) is 7. The van der Waals surface area contributed by atoms with Gasteiger partial charge in [-0.3, -0.25) is 9.59 Å². The molecule has 2 unspecified atom stereocenters. The third-order valence-corrected chi connectivity index (χ3v) is 10.5. The number of ether oxygens (including phenoxy) is 4. The van der Waals surface area contributed by atoms with Crippen molar-refractivity contribution in [1.29, 1.82) is 0 Å². The van der Waals surface area contributed by atoms with Crippen molar-refractivity contribution in [1.82, 2.24) is 0 Å². The van der Waals surface area contributed by atoms with Crippen LogP contribution in [0.15, 0.2) is 170 Å². The zero-order valence-electron chi connectivity index (χ0n) is 46.0. The lowest BCUT2D eigenvalue weighted by Gasteiger charge is -2.25. The van der Waals surface area contributed by atoms with Crippen LogP contribution in [0.25, 0.3) is 0 Å². The molecule has 0 aromatic rings. The summed E-state index contributed by atoms with van der Waals surface area (Å²) in [6, 6.07) is 0. The molecule has 0 radical (unpaired) electrons. The van der Waals surface area contributed by atoms with Crippen LogP contribution in [0.1, 0.15) is 155 Å². The van der Waals surface area contributed by atoms with Crippen molar-refractivity contribution in [3.05, 3.63) is 170 Å². The maximum absolute atomic E-state index is 12.8. The molecule has 0 fully saturated rings. The van der Waals surface area contributed by atoms with Crippen LogP contribution >= 0.6 is 0 Å². The molecule has 0 aliphatic heterocycles. The van der Waals surface area contributed by atoms with E-state index in [9.17, 15) is 19.5 Å². The Balaban J connectivity index is 4.51. The van der Waals surface area contributed by atoms with Gasteiger partial charge in [0.2, 0.25) is 0 Å². The SMILES string of the molecule is CC/C=C\C/C=C\C/C=C\C/C=C\C/C=C\C/C=C\C/C=C\C/C=C\C/C=C\CCCC(=O)OC(COC(=O)CCCCC/C=C\C/C=C\C/C=C\C/C=C\C/C=C\CC)COC(OCC[N+](C)(C)C)C(=O)O. The first-order chi connectivity index (χ1) is 35.6. The Morgan fingerprint density at radius 2 is 0.753 bits per heavy atom. The average molecular weight is 1010 g/mol. The molecular formula is C64H98NO8+. The summed E-state index contributed by atoms with van der Waals surface area (Å²) >= 11 is 0. The number of nitrogens with zero attached hydrogens (tertiary/aromatic N) is 1. The number of carbonyl (C=O) groups is 3. The molecule has 0 aromatic heterocycles. The van der Waals surface area contributed by atoms with E-state index >= 15 is 0 Å². The Kier molecular flexibility index (Phi) is 49.1. The Hall–Kier alpha value is -5.35. The Labute approximate surface area is 444 Å². The zero-order valence-corrected chi connectivity index (χ0v) is 46.0. The minimum atomic E-state index is -1.55. The van der Waals surface area contributed by atoms with Gasteiger partial charge in [-0.25, -0.2) is 4.79 Å². The largest absolute Gasteiger partial charge is 0.477 e. The standard InChI is InChI=1S/C64H97NO8/c1-6-8-10-12-14-16-18-20-22-24-26-27-28-29-30-31-32-33-34-35-37-39-41-43-45-47-49-51-53-55-62(67)73-60(59-72-64(63(68)69)70-57-56-65(3,4)5)58-71-61(66)54-52-50-48-46-44-42-40-38-36-25-23-21-19-17-15-13-11-9-7-2/h8-11,14-17,20-23,26-27,29-30,32-33,35-38,41-44,47,49,60,64H,6-7,12-13,18-19,24-25,28,31,34,39-40,45-46,48,50-59H2,1-5H3/p+1/b10-8-,11-9-,16-14-,17-15-,22-20-,23-21-,27-26-,30-29-,33-32-,37-35-,38-36-,43-41-,44-42-,49-47-. The highest BCUT2D eigenvalue weighted by Crippen LogP contribution is 2.10. The minimum absolute atomic E-state index is 0.159. The van der Waals surface area contributed by atoms with Crippen molar-refractivity contribution in [2.24, 2.45) is 0 Å². The van der Waals surface area contributed by atoms with Crippen molar-refractivity contribution < 1.29 is 42.9 Å². The summed E-state index contributed by atoms with van der Waals surface area (Å²) in [4.78, 5) is 37.3. The number of esters is 2.